The number of rotatable bonds is 12. The first kappa shape index (κ1) is 26.8. The van der Waals surface area contributed by atoms with Crippen molar-refractivity contribution in [3.63, 3.8) is 0 Å². The second-order valence-corrected chi connectivity index (χ2v) is 7.72. The Kier molecular flexibility index (Phi) is 13.2. The number of hydrogen-bond acceptors (Lipinski definition) is 4. The lowest BCUT2D eigenvalue weighted by Gasteiger charge is -2.27. The molecule has 0 amide bonds. The van der Waals surface area contributed by atoms with Gasteiger partial charge in [0.05, 0.1) is 14.2 Å². The maximum Gasteiger partial charge on any atom is 0.191 e. The molecule has 0 bridgehead atoms. The number of nitrogens with zero attached hydrogens (tertiary/aromatic N) is 1. The van der Waals surface area contributed by atoms with Crippen LogP contribution in [-0.4, -0.2) is 53.0 Å². The Labute approximate surface area is 199 Å². The third-order valence-electron chi connectivity index (χ3n) is 5.72. The van der Waals surface area contributed by atoms with Crippen LogP contribution in [0.15, 0.2) is 23.2 Å². The molecule has 0 aromatic heterocycles. The molecular formula is C23H40IN3O3. The van der Waals surface area contributed by atoms with Crippen molar-refractivity contribution in [3.8, 4) is 11.5 Å². The van der Waals surface area contributed by atoms with Gasteiger partial charge in [-0.2, -0.15) is 0 Å². The molecule has 2 rings (SSSR count). The molecule has 172 valence electrons. The summed E-state index contributed by atoms with van der Waals surface area (Å²) >= 11 is 0. The van der Waals surface area contributed by atoms with Crippen LogP contribution in [0.1, 0.15) is 51.5 Å². The largest absolute Gasteiger partial charge is 0.493 e. The van der Waals surface area contributed by atoms with Crippen LogP contribution in [0.2, 0.25) is 0 Å². The van der Waals surface area contributed by atoms with Crippen LogP contribution in [0.5, 0.6) is 11.5 Å². The molecular weight excluding hydrogens is 493 g/mol. The van der Waals surface area contributed by atoms with E-state index in [9.17, 15) is 0 Å². The van der Waals surface area contributed by atoms with Crippen molar-refractivity contribution in [1.29, 1.82) is 0 Å². The first-order chi connectivity index (χ1) is 14.2. The standard InChI is InChI=1S/C23H39N3O3.HI/c1-5-24-22(26-18-23(12-7-8-13-23)14-16-29-6-2)25-15-11-19-9-10-20(27-3)21(17-19)28-4;/h9-10,17H,5-8,11-16,18H2,1-4H3,(H2,24,25,26);1H. The van der Waals surface area contributed by atoms with Gasteiger partial charge >= 0.3 is 0 Å². The van der Waals surface area contributed by atoms with Crippen LogP contribution in [-0.2, 0) is 11.2 Å². The van der Waals surface area contributed by atoms with Crippen LogP contribution in [0, 0.1) is 5.41 Å². The molecule has 6 nitrogen and oxygen atoms in total. The highest BCUT2D eigenvalue weighted by molar-refractivity contribution is 14.0. The second kappa shape index (κ2) is 14.7. The van der Waals surface area contributed by atoms with Gasteiger partial charge < -0.3 is 24.8 Å². The summed E-state index contributed by atoms with van der Waals surface area (Å²) in [5.41, 5.74) is 1.51. The maximum absolute atomic E-state index is 5.63. The smallest absolute Gasteiger partial charge is 0.191 e. The fourth-order valence-electron chi connectivity index (χ4n) is 4.00. The highest BCUT2D eigenvalue weighted by atomic mass is 127. The fraction of sp³-hybridized carbons (Fsp3) is 0.696. The molecule has 2 N–H and O–H groups in total. The summed E-state index contributed by atoms with van der Waals surface area (Å²) in [6.07, 6.45) is 7.13. The molecule has 1 aliphatic carbocycles. The average Bonchev–Trinajstić information content (AvgIpc) is 3.21. The number of benzene rings is 1. The number of guanidine groups is 1. The molecule has 1 saturated carbocycles. The first-order valence-electron chi connectivity index (χ1n) is 11.0. The van der Waals surface area contributed by atoms with Gasteiger partial charge in [0.2, 0.25) is 0 Å². The van der Waals surface area contributed by atoms with Gasteiger partial charge in [0.1, 0.15) is 0 Å². The highest BCUT2D eigenvalue weighted by Crippen LogP contribution is 2.41. The lowest BCUT2D eigenvalue weighted by atomic mass is 9.83. The van der Waals surface area contributed by atoms with E-state index in [1.807, 2.05) is 12.1 Å². The van der Waals surface area contributed by atoms with E-state index < -0.39 is 0 Å². The fourth-order valence-corrected chi connectivity index (χ4v) is 4.00. The minimum atomic E-state index is 0. The van der Waals surface area contributed by atoms with Crippen molar-refractivity contribution >= 4 is 29.9 Å². The third-order valence-corrected chi connectivity index (χ3v) is 5.72. The lowest BCUT2D eigenvalue weighted by molar-refractivity contribution is 0.107. The van der Waals surface area contributed by atoms with Crippen LogP contribution < -0.4 is 20.1 Å². The Balaban J connectivity index is 0.00000450. The summed E-state index contributed by atoms with van der Waals surface area (Å²) in [4.78, 5) is 4.93. The Morgan fingerprint density at radius 3 is 2.43 bits per heavy atom. The van der Waals surface area contributed by atoms with Gasteiger partial charge in [-0.25, -0.2) is 0 Å². The average molecular weight is 533 g/mol. The van der Waals surface area contributed by atoms with Crippen molar-refractivity contribution in [2.45, 2.75) is 52.4 Å². The van der Waals surface area contributed by atoms with Crippen molar-refractivity contribution in [1.82, 2.24) is 10.6 Å². The maximum atomic E-state index is 5.63. The van der Waals surface area contributed by atoms with Crippen LogP contribution >= 0.6 is 24.0 Å². The lowest BCUT2D eigenvalue weighted by Crippen LogP contribution is -2.39. The molecule has 1 aromatic carbocycles. The van der Waals surface area contributed by atoms with Crippen LogP contribution in [0.25, 0.3) is 0 Å². The van der Waals surface area contributed by atoms with Crippen molar-refractivity contribution in [2.24, 2.45) is 10.4 Å². The topological polar surface area (TPSA) is 64.1 Å². The monoisotopic (exact) mass is 533 g/mol. The number of nitrogens with one attached hydrogen (secondary N) is 2. The normalized spacial score (nSPS) is 15.4. The molecule has 7 heteroatoms. The van der Waals surface area contributed by atoms with E-state index in [4.69, 9.17) is 19.2 Å². The minimum absolute atomic E-state index is 0. The van der Waals surface area contributed by atoms with Crippen molar-refractivity contribution < 1.29 is 14.2 Å². The predicted octanol–water partition coefficient (Wildman–Crippen LogP) is 4.41. The molecule has 0 heterocycles. The summed E-state index contributed by atoms with van der Waals surface area (Å²) in [6, 6.07) is 6.07. The van der Waals surface area contributed by atoms with E-state index >= 15 is 0 Å². The van der Waals surface area contributed by atoms with Gasteiger partial charge in [-0.05, 0) is 62.6 Å². The number of aliphatic imine (C=N–C) groups is 1. The summed E-state index contributed by atoms with van der Waals surface area (Å²) in [6.45, 7) is 8.33. The highest BCUT2D eigenvalue weighted by Gasteiger charge is 2.33. The zero-order valence-corrected chi connectivity index (χ0v) is 21.4. The second-order valence-electron chi connectivity index (χ2n) is 7.72. The summed E-state index contributed by atoms with van der Waals surface area (Å²) in [7, 11) is 3.32. The molecule has 1 aromatic rings. The molecule has 1 fully saturated rings. The van der Waals surface area contributed by atoms with Gasteiger partial charge in [-0.15, -0.1) is 24.0 Å². The van der Waals surface area contributed by atoms with Crippen LogP contribution in [0.4, 0.5) is 0 Å². The summed E-state index contributed by atoms with van der Waals surface area (Å²) in [5, 5.41) is 6.86. The molecule has 0 radical (unpaired) electrons. The van der Waals surface area contributed by atoms with Crippen LogP contribution in [0.3, 0.4) is 0 Å². The van der Waals surface area contributed by atoms with E-state index in [0.29, 0.717) is 5.41 Å². The minimum Gasteiger partial charge on any atom is -0.493 e. The Morgan fingerprint density at radius 2 is 1.80 bits per heavy atom. The van der Waals surface area contributed by atoms with E-state index in [-0.39, 0.29) is 24.0 Å². The van der Waals surface area contributed by atoms with Gasteiger partial charge in [-0.3, -0.25) is 4.99 Å². The van der Waals surface area contributed by atoms with E-state index in [2.05, 4.69) is 30.5 Å². The summed E-state index contributed by atoms with van der Waals surface area (Å²) in [5.74, 6) is 2.42. The van der Waals surface area contributed by atoms with Gasteiger partial charge in [0, 0.05) is 32.8 Å². The zero-order valence-electron chi connectivity index (χ0n) is 19.1. The SMILES string of the molecule is CCNC(=NCC1(CCOCC)CCCC1)NCCc1ccc(OC)c(OC)c1.I. The molecule has 0 unspecified atom stereocenters. The number of hydrogen-bond donors (Lipinski definition) is 2. The number of halogens is 1. The molecule has 0 saturated heterocycles. The van der Waals surface area contributed by atoms with E-state index in [1.165, 1.54) is 31.2 Å². The number of ether oxygens (including phenoxy) is 3. The molecule has 0 atom stereocenters. The molecule has 0 spiro atoms. The van der Waals surface area contributed by atoms with Gasteiger partial charge in [0.25, 0.3) is 0 Å². The molecule has 0 aliphatic heterocycles. The first-order valence-corrected chi connectivity index (χ1v) is 11.0. The number of methoxy groups -OCH3 is 2. The van der Waals surface area contributed by atoms with Gasteiger partial charge in [-0.1, -0.05) is 18.9 Å². The van der Waals surface area contributed by atoms with E-state index in [0.717, 1.165) is 63.1 Å². The summed E-state index contributed by atoms with van der Waals surface area (Å²) < 4.78 is 16.3. The van der Waals surface area contributed by atoms with Crippen molar-refractivity contribution in [3.05, 3.63) is 23.8 Å². The quantitative estimate of drug-likeness (QED) is 0.181. The Bertz CT molecular complexity index is 634. The molecule has 30 heavy (non-hydrogen) atoms. The predicted molar refractivity (Wildman–Crippen MR) is 135 cm³/mol. The third kappa shape index (κ3) is 8.49. The van der Waals surface area contributed by atoms with Crippen molar-refractivity contribution in [2.75, 3.05) is 47.1 Å². The Hall–Kier alpha value is -1.22. The van der Waals surface area contributed by atoms with Gasteiger partial charge in [0.15, 0.2) is 17.5 Å². The van der Waals surface area contributed by atoms with E-state index in [1.54, 1.807) is 14.2 Å². The zero-order chi connectivity index (χ0) is 21.0. The molecule has 1 aliphatic rings. The Morgan fingerprint density at radius 1 is 1.07 bits per heavy atom.